The predicted octanol–water partition coefficient (Wildman–Crippen LogP) is 2.73. The smallest absolute Gasteiger partial charge is 0.410 e. The summed E-state index contributed by atoms with van der Waals surface area (Å²) in [5.41, 5.74) is -1.36. The van der Waals surface area contributed by atoms with Crippen LogP contribution >= 0.6 is 0 Å². The van der Waals surface area contributed by atoms with E-state index in [0.29, 0.717) is 6.42 Å². The number of amides is 1. The van der Waals surface area contributed by atoms with Crippen molar-refractivity contribution in [2.45, 2.75) is 45.3 Å². The highest BCUT2D eigenvalue weighted by Crippen LogP contribution is 2.28. The molecule has 0 aliphatic heterocycles. The fourth-order valence-corrected chi connectivity index (χ4v) is 1.73. The van der Waals surface area contributed by atoms with Crippen molar-refractivity contribution in [3.63, 3.8) is 0 Å². The number of carbonyl (C=O) groups excluding carboxylic acids is 1. The Hall–Kier alpha value is -1.85. The number of allylic oxidation sites excluding steroid dienone is 1. The predicted molar refractivity (Wildman–Crippen MR) is 71.2 cm³/mol. The zero-order chi connectivity index (χ0) is 14.8. The summed E-state index contributed by atoms with van der Waals surface area (Å²) in [6.45, 7) is 7.10. The van der Waals surface area contributed by atoms with Gasteiger partial charge in [-0.25, -0.2) is 4.79 Å². The Labute approximate surface area is 112 Å². The Bertz CT molecular complexity index is 448. The summed E-state index contributed by atoms with van der Waals surface area (Å²) in [6.07, 6.45) is 4.64. The molecular weight excluding hydrogens is 248 g/mol. The van der Waals surface area contributed by atoms with Crippen molar-refractivity contribution in [3.8, 4) is 0 Å². The molecule has 106 valence electrons. The van der Waals surface area contributed by atoms with E-state index in [9.17, 15) is 14.9 Å². The van der Waals surface area contributed by atoms with Crippen LogP contribution in [0.4, 0.5) is 4.79 Å². The molecule has 1 unspecified atom stereocenters. The molecule has 19 heavy (non-hydrogen) atoms. The van der Waals surface area contributed by atoms with Gasteiger partial charge in [0.15, 0.2) is 0 Å². The number of nitro groups is 1. The summed E-state index contributed by atoms with van der Waals surface area (Å²) in [4.78, 5) is 23.8. The second-order valence-electron chi connectivity index (χ2n) is 5.83. The van der Waals surface area contributed by atoms with Gasteiger partial charge in [0.2, 0.25) is 0 Å². The topological polar surface area (TPSA) is 72.7 Å². The fourth-order valence-electron chi connectivity index (χ4n) is 1.73. The minimum absolute atomic E-state index is 0.0100. The molecule has 0 bridgehead atoms. The van der Waals surface area contributed by atoms with Gasteiger partial charge in [0.05, 0.1) is 10.5 Å². The molecule has 0 aromatic heterocycles. The third kappa shape index (κ3) is 3.81. The van der Waals surface area contributed by atoms with Crippen LogP contribution in [-0.2, 0) is 4.74 Å². The van der Waals surface area contributed by atoms with Gasteiger partial charge in [0.1, 0.15) is 5.60 Å². The van der Waals surface area contributed by atoms with Crippen LogP contribution in [0.15, 0.2) is 23.9 Å². The van der Waals surface area contributed by atoms with Gasteiger partial charge < -0.3 is 9.64 Å². The molecule has 0 fully saturated rings. The number of hydrogen-bond donors (Lipinski definition) is 0. The van der Waals surface area contributed by atoms with Crippen LogP contribution in [-0.4, -0.2) is 34.1 Å². The monoisotopic (exact) mass is 268 g/mol. The van der Waals surface area contributed by atoms with Gasteiger partial charge in [-0.1, -0.05) is 6.08 Å². The van der Waals surface area contributed by atoms with E-state index in [4.69, 9.17) is 4.74 Å². The van der Waals surface area contributed by atoms with Crippen molar-refractivity contribution >= 4 is 6.09 Å². The van der Waals surface area contributed by atoms with Crippen LogP contribution in [0.5, 0.6) is 0 Å². The molecule has 0 N–H and O–H groups in total. The van der Waals surface area contributed by atoms with Crippen LogP contribution in [0.3, 0.4) is 0 Å². The first kappa shape index (κ1) is 15.2. The summed E-state index contributed by atoms with van der Waals surface area (Å²) < 4.78 is 5.28. The molecule has 6 heteroatoms. The molecule has 0 heterocycles. The molecule has 0 saturated carbocycles. The van der Waals surface area contributed by atoms with Gasteiger partial charge >= 0.3 is 6.09 Å². The van der Waals surface area contributed by atoms with Crippen LogP contribution in [0.25, 0.3) is 0 Å². The van der Waals surface area contributed by atoms with Crippen molar-refractivity contribution < 1.29 is 14.5 Å². The molecule has 0 spiro atoms. The maximum atomic E-state index is 12.0. The molecule has 0 aromatic carbocycles. The first-order valence-electron chi connectivity index (χ1n) is 6.06. The summed E-state index contributed by atoms with van der Waals surface area (Å²) >= 11 is 0. The Balaban J connectivity index is 2.92. The van der Waals surface area contributed by atoms with E-state index in [1.807, 2.05) is 0 Å². The van der Waals surface area contributed by atoms with Crippen molar-refractivity contribution in [1.29, 1.82) is 0 Å². The highest BCUT2D eigenvalue weighted by atomic mass is 16.6. The fraction of sp³-hybridized carbons (Fsp3) is 0.615. The Kier molecular flexibility index (Phi) is 4.03. The lowest BCUT2D eigenvalue weighted by Crippen LogP contribution is -2.48. The van der Waals surface area contributed by atoms with E-state index in [0.717, 1.165) is 0 Å². The minimum Gasteiger partial charge on any atom is -0.444 e. The lowest BCUT2D eigenvalue weighted by atomic mass is 9.91. The zero-order valence-corrected chi connectivity index (χ0v) is 12.0. The number of hydrogen-bond acceptors (Lipinski definition) is 4. The number of ether oxygens (including phenoxy) is 1. The molecule has 1 aliphatic rings. The third-order valence-corrected chi connectivity index (χ3v) is 2.92. The Morgan fingerprint density at radius 2 is 2.11 bits per heavy atom. The second kappa shape index (κ2) is 5.03. The lowest BCUT2D eigenvalue weighted by Gasteiger charge is -2.37. The average Bonchev–Trinajstić information content (AvgIpc) is 2.25. The Morgan fingerprint density at radius 3 is 2.58 bits per heavy atom. The van der Waals surface area contributed by atoms with Crippen LogP contribution < -0.4 is 0 Å². The van der Waals surface area contributed by atoms with E-state index in [2.05, 4.69) is 0 Å². The SMILES string of the molecule is CN(C(=O)OC(C)(C)C)C1(C)C=C([N+](=O)[O-])C=CC1. The third-order valence-electron chi connectivity index (χ3n) is 2.92. The molecule has 0 saturated heterocycles. The van der Waals surface area contributed by atoms with E-state index < -0.39 is 22.2 Å². The molecule has 1 rings (SSSR count). The van der Waals surface area contributed by atoms with Crippen molar-refractivity contribution in [2.75, 3.05) is 7.05 Å². The number of rotatable bonds is 2. The van der Waals surface area contributed by atoms with Gasteiger partial charge in [0, 0.05) is 19.2 Å². The van der Waals surface area contributed by atoms with Gasteiger partial charge in [-0.15, -0.1) is 0 Å². The van der Waals surface area contributed by atoms with Crippen LogP contribution in [0, 0.1) is 10.1 Å². The van der Waals surface area contributed by atoms with Gasteiger partial charge in [-0.05, 0) is 34.1 Å². The number of likely N-dealkylation sites (N-methyl/N-ethyl adjacent to an activating group) is 1. The van der Waals surface area contributed by atoms with Crippen molar-refractivity contribution in [1.82, 2.24) is 4.90 Å². The molecule has 6 nitrogen and oxygen atoms in total. The summed E-state index contributed by atoms with van der Waals surface area (Å²) in [5.74, 6) is 0. The molecule has 0 aromatic rings. The maximum absolute atomic E-state index is 12.0. The van der Waals surface area contributed by atoms with E-state index in [-0.39, 0.29) is 5.70 Å². The number of carbonyl (C=O) groups is 1. The first-order chi connectivity index (χ1) is 8.55. The highest BCUT2D eigenvalue weighted by Gasteiger charge is 2.36. The second-order valence-corrected chi connectivity index (χ2v) is 5.83. The van der Waals surface area contributed by atoms with E-state index >= 15 is 0 Å². The Morgan fingerprint density at radius 1 is 1.53 bits per heavy atom. The highest BCUT2D eigenvalue weighted by molar-refractivity contribution is 5.69. The standard InChI is InChI=1S/C13H20N2O4/c1-12(2,3)19-11(16)14(5)13(4)8-6-7-10(9-13)15(17)18/h6-7,9H,8H2,1-5H3. The quantitative estimate of drug-likeness (QED) is 0.570. The molecule has 1 aliphatic carbocycles. The molecule has 1 amide bonds. The zero-order valence-electron chi connectivity index (χ0n) is 12.0. The lowest BCUT2D eigenvalue weighted by molar-refractivity contribution is -0.420. The van der Waals surface area contributed by atoms with Crippen LogP contribution in [0.1, 0.15) is 34.1 Å². The minimum atomic E-state index is -0.751. The van der Waals surface area contributed by atoms with Crippen molar-refractivity contribution in [3.05, 3.63) is 34.0 Å². The maximum Gasteiger partial charge on any atom is 0.410 e. The summed E-state index contributed by atoms with van der Waals surface area (Å²) in [5, 5.41) is 10.8. The first-order valence-corrected chi connectivity index (χ1v) is 6.06. The van der Waals surface area contributed by atoms with Gasteiger partial charge in [-0.2, -0.15) is 0 Å². The van der Waals surface area contributed by atoms with Gasteiger partial charge in [0.25, 0.3) is 5.70 Å². The molecule has 1 atom stereocenters. The summed E-state index contributed by atoms with van der Waals surface area (Å²) in [7, 11) is 1.58. The average molecular weight is 268 g/mol. The number of nitrogens with zero attached hydrogens (tertiary/aromatic N) is 2. The van der Waals surface area contributed by atoms with E-state index in [1.54, 1.807) is 40.8 Å². The normalized spacial score (nSPS) is 22.7. The largest absolute Gasteiger partial charge is 0.444 e. The molecular formula is C13H20N2O4. The van der Waals surface area contributed by atoms with Crippen molar-refractivity contribution in [2.24, 2.45) is 0 Å². The molecule has 0 radical (unpaired) electrons. The van der Waals surface area contributed by atoms with Gasteiger partial charge in [-0.3, -0.25) is 10.1 Å². The summed E-state index contributed by atoms with van der Waals surface area (Å²) in [6, 6.07) is 0. The van der Waals surface area contributed by atoms with E-state index in [1.165, 1.54) is 17.1 Å². The van der Waals surface area contributed by atoms with Crippen LogP contribution in [0.2, 0.25) is 0 Å².